The molecule has 5 rings (SSSR count). The first-order valence-electron chi connectivity index (χ1n) is 10.3. The highest BCUT2D eigenvalue weighted by atomic mass is 16.7. The first-order valence-corrected chi connectivity index (χ1v) is 10.3. The van der Waals surface area contributed by atoms with Gasteiger partial charge in [0.2, 0.25) is 0 Å². The largest absolute Gasteiger partial charge is 0.449 e. The highest BCUT2D eigenvalue weighted by Crippen LogP contribution is 2.44. The van der Waals surface area contributed by atoms with Crippen LogP contribution in [0, 0.1) is 0 Å². The lowest BCUT2D eigenvalue weighted by Gasteiger charge is -2.16. The Morgan fingerprint density at radius 1 is 0.969 bits per heavy atom. The van der Waals surface area contributed by atoms with E-state index in [0.29, 0.717) is 11.0 Å². The minimum absolute atomic E-state index is 0.0584. The first kappa shape index (κ1) is 19.7. The quantitative estimate of drug-likeness (QED) is 0.490. The molecule has 3 aromatic carbocycles. The van der Waals surface area contributed by atoms with Crippen molar-refractivity contribution in [3.63, 3.8) is 0 Å². The number of aromatic nitrogens is 3. The van der Waals surface area contributed by atoms with Crippen LogP contribution in [0.5, 0.6) is 0 Å². The summed E-state index contributed by atoms with van der Waals surface area (Å²) in [4.78, 5) is 31.0. The van der Waals surface area contributed by atoms with Crippen LogP contribution < -0.4 is 10.2 Å². The molecular weight excluding hydrogens is 408 g/mol. The van der Waals surface area contributed by atoms with Gasteiger partial charge < -0.3 is 14.9 Å². The molecule has 1 aliphatic rings. The summed E-state index contributed by atoms with van der Waals surface area (Å²) >= 11 is 0. The minimum Gasteiger partial charge on any atom is -0.449 e. The molecule has 0 bridgehead atoms. The monoisotopic (exact) mass is 428 g/mol. The molecule has 8 nitrogen and oxygen atoms in total. The highest BCUT2D eigenvalue weighted by Gasteiger charge is 2.29. The van der Waals surface area contributed by atoms with Crippen molar-refractivity contribution in [2.45, 2.75) is 18.9 Å². The second-order valence-corrected chi connectivity index (χ2v) is 7.55. The fourth-order valence-corrected chi connectivity index (χ4v) is 3.95. The molecule has 8 heteroatoms. The zero-order valence-corrected chi connectivity index (χ0v) is 17.3. The second-order valence-electron chi connectivity index (χ2n) is 7.55. The molecule has 1 atom stereocenters. The van der Waals surface area contributed by atoms with E-state index >= 15 is 0 Å². The Hall–Kier alpha value is -4.20. The van der Waals surface area contributed by atoms with E-state index in [2.05, 4.69) is 27.8 Å². The number of nitrogens with zero attached hydrogens (tertiary/aromatic N) is 3. The predicted molar refractivity (Wildman–Crippen MR) is 117 cm³/mol. The lowest BCUT2D eigenvalue weighted by Crippen LogP contribution is -2.43. The average molecular weight is 428 g/mol. The number of nitrogens with one attached hydrogen (secondary N) is 1. The number of hydrogen-bond acceptors (Lipinski definition) is 6. The summed E-state index contributed by atoms with van der Waals surface area (Å²) < 4.78 is 5.47. The van der Waals surface area contributed by atoms with Gasteiger partial charge in [-0.25, -0.2) is 9.59 Å². The van der Waals surface area contributed by atoms with Crippen molar-refractivity contribution in [3.8, 4) is 11.1 Å². The first-order chi connectivity index (χ1) is 15.6. The van der Waals surface area contributed by atoms with Crippen molar-refractivity contribution in [3.05, 3.63) is 83.9 Å². The van der Waals surface area contributed by atoms with E-state index in [1.54, 1.807) is 18.2 Å². The number of ether oxygens (including phenoxy) is 1. The molecule has 1 heterocycles. The number of alkyl carbamates (subject to hydrolysis) is 1. The van der Waals surface area contributed by atoms with Gasteiger partial charge in [0.05, 0.1) is 0 Å². The fourth-order valence-electron chi connectivity index (χ4n) is 3.95. The molecular formula is C24H20N4O4. The van der Waals surface area contributed by atoms with Gasteiger partial charge in [0.1, 0.15) is 23.7 Å². The van der Waals surface area contributed by atoms with Crippen molar-refractivity contribution in [2.24, 2.45) is 0 Å². The topological polar surface area (TPSA) is 95.3 Å². The molecule has 160 valence electrons. The number of carbonyl (C=O) groups excluding carboxylic acids is 2. The van der Waals surface area contributed by atoms with E-state index < -0.39 is 18.1 Å². The summed E-state index contributed by atoms with van der Waals surface area (Å²) in [7, 11) is 0. The van der Waals surface area contributed by atoms with Gasteiger partial charge >= 0.3 is 12.1 Å². The number of amides is 1. The SMILES string of the molecule is C[C@H](NC(=O)OCC1c2ccccc2-c2ccccc21)C(=O)On1nnc2ccccc21. The van der Waals surface area contributed by atoms with E-state index in [9.17, 15) is 9.59 Å². The van der Waals surface area contributed by atoms with E-state index in [0.717, 1.165) is 27.1 Å². The maximum absolute atomic E-state index is 12.4. The van der Waals surface area contributed by atoms with Gasteiger partial charge in [-0.2, -0.15) is 0 Å². The Labute approximate surface area is 183 Å². The number of rotatable bonds is 5. The molecule has 0 spiro atoms. The molecule has 0 saturated heterocycles. The Balaban J connectivity index is 1.21. The Morgan fingerprint density at radius 3 is 2.31 bits per heavy atom. The zero-order chi connectivity index (χ0) is 22.1. The van der Waals surface area contributed by atoms with Crippen LogP contribution in [0.3, 0.4) is 0 Å². The van der Waals surface area contributed by atoms with Crippen LogP contribution in [0.15, 0.2) is 72.8 Å². The molecule has 4 aromatic rings. The van der Waals surface area contributed by atoms with Crippen LogP contribution in [0.25, 0.3) is 22.2 Å². The highest BCUT2D eigenvalue weighted by molar-refractivity contribution is 5.82. The summed E-state index contributed by atoms with van der Waals surface area (Å²) in [6.45, 7) is 1.68. The van der Waals surface area contributed by atoms with E-state index in [1.807, 2.05) is 42.5 Å². The normalized spacial score (nSPS) is 13.3. The van der Waals surface area contributed by atoms with Gasteiger partial charge in [-0.05, 0) is 46.5 Å². The van der Waals surface area contributed by atoms with Crippen molar-refractivity contribution >= 4 is 23.1 Å². The van der Waals surface area contributed by atoms with Gasteiger partial charge in [-0.15, -0.1) is 5.10 Å². The van der Waals surface area contributed by atoms with E-state index in [4.69, 9.17) is 9.57 Å². The lowest BCUT2D eigenvalue weighted by molar-refractivity contribution is -0.147. The Morgan fingerprint density at radius 2 is 1.59 bits per heavy atom. The van der Waals surface area contributed by atoms with Crippen LogP contribution in [-0.4, -0.2) is 39.9 Å². The van der Waals surface area contributed by atoms with Gasteiger partial charge in [0.15, 0.2) is 0 Å². The molecule has 1 N–H and O–H groups in total. The third-order valence-corrected chi connectivity index (χ3v) is 5.53. The van der Waals surface area contributed by atoms with Crippen LogP contribution in [0.2, 0.25) is 0 Å². The summed E-state index contributed by atoms with van der Waals surface area (Å²) in [6, 6.07) is 22.3. The predicted octanol–water partition coefficient (Wildman–Crippen LogP) is 3.31. The Kier molecular flexibility index (Phi) is 5.03. The molecule has 0 saturated carbocycles. The maximum atomic E-state index is 12.4. The minimum atomic E-state index is -0.936. The van der Waals surface area contributed by atoms with Gasteiger partial charge in [-0.1, -0.05) is 65.5 Å². The van der Waals surface area contributed by atoms with E-state index in [-0.39, 0.29) is 12.5 Å². The Bertz CT molecular complexity index is 1270. The van der Waals surface area contributed by atoms with Crippen molar-refractivity contribution in [1.29, 1.82) is 0 Å². The smallest absolute Gasteiger partial charge is 0.407 e. The third kappa shape index (κ3) is 3.56. The lowest BCUT2D eigenvalue weighted by atomic mass is 9.98. The summed E-state index contributed by atoms with van der Waals surface area (Å²) in [5.74, 6) is -0.744. The van der Waals surface area contributed by atoms with Crippen molar-refractivity contribution in [2.75, 3.05) is 6.61 Å². The number of fused-ring (bicyclic) bond motifs is 4. The second kappa shape index (κ2) is 8.14. The number of benzene rings is 3. The van der Waals surface area contributed by atoms with E-state index in [1.165, 1.54) is 6.92 Å². The average Bonchev–Trinajstić information content (AvgIpc) is 3.37. The van der Waals surface area contributed by atoms with Gasteiger partial charge in [0, 0.05) is 5.92 Å². The zero-order valence-electron chi connectivity index (χ0n) is 17.3. The van der Waals surface area contributed by atoms with Crippen LogP contribution >= 0.6 is 0 Å². The summed E-state index contributed by atoms with van der Waals surface area (Å²) in [5, 5.41) is 10.2. The molecule has 32 heavy (non-hydrogen) atoms. The molecule has 0 radical (unpaired) electrons. The molecule has 0 aliphatic heterocycles. The third-order valence-electron chi connectivity index (χ3n) is 5.53. The molecule has 0 fully saturated rings. The molecule has 0 unspecified atom stereocenters. The van der Waals surface area contributed by atoms with Crippen LogP contribution in [0.1, 0.15) is 24.0 Å². The molecule has 1 aliphatic carbocycles. The standard InChI is InChI=1S/C24H20N4O4/c1-15(23(29)32-28-22-13-7-6-12-21(22)26-27-28)25-24(30)31-14-20-18-10-4-2-8-16(18)17-9-3-5-11-19(17)20/h2-13,15,20H,14H2,1H3,(H,25,30)/t15-/m0/s1. The number of carbonyl (C=O) groups is 2. The fraction of sp³-hybridized carbons (Fsp3) is 0.167. The molecule has 1 aromatic heterocycles. The summed E-state index contributed by atoms with van der Waals surface area (Å²) in [5.41, 5.74) is 5.67. The van der Waals surface area contributed by atoms with Crippen LogP contribution in [0.4, 0.5) is 4.79 Å². The molecule has 1 amide bonds. The maximum Gasteiger partial charge on any atom is 0.407 e. The number of hydrogen-bond donors (Lipinski definition) is 1. The number of para-hydroxylation sites is 1. The van der Waals surface area contributed by atoms with Crippen molar-refractivity contribution < 1.29 is 19.2 Å². The van der Waals surface area contributed by atoms with Gasteiger partial charge in [-0.3, -0.25) is 0 Å². The summed E-state index contributed by atoms with van der Waals surface area (Å²) in [6.07, 6.45) is -0.695. The van der Waals surface area contributed by atoms with Crippen LogP contribution in [-0.2, 0) is 9.53 Å². The van der Waals surface area contributed by atoms with Crippen molar-refractivity contribution in [1.82, 2.24) is 20.5 Å². The van der Waals surface area contributed by atoms with Gasteiger partial charge in [0.25, 0.3) is 0 Å².